The van der Waals surface area contributed by atoms with Crippen LogP contribution in [0.25, 0.3) is 0 Å². The Kier molecular flexibility index (Phi) is 6.45. The lowest BCUT2D eigenvalue weighted by Crippen LogP contribution is -2.35. The molecule has 1 aromatic carbocycles. The molecule has 5 nitrogen and oxygen atoms in total. The van der Waals surface area contributed by atoms with Crippen molar-refractivity contribution in [2.45, 2.75) is 39.7 Å². The van der Waals surface area contributed by atoms with Crippen molar-refractivity contribution in [3.05, 3.63) is 33.9 Å². The average molecular weight is 280 g/mol. The van der Waals surface area contributed by atoms with E-state index in [-0.39, 0.29) is 10.6 Å². The Hall–Kier alpha value is -1.62. The molecule has 0 aliphatic rings. The fraction of sp³-hybridized carbons (Fsp3) is 0.600. The Balaban J connectivity index is 2.90. The van der Waals surface area contributed by atoms with E-state index in [0.717, 1.165) is 24.9 Å². The van der Waals surface area contributed by atoms with E-state index in [1.165, 1.54) is 13.2 Å². The van der Waals surface area contributed by atoms with Gasteiger partial charge in [0.25, 0.3) is 5.69 Å². The number of non-ortho nitro benzene ring substituents is 1. The number of nitro groups is 1. The minimum Gasteiger partial charge on any atom is -0.496 e. The molecule has 5 heteroatoms. The van der Waals surface area contributed by atoms with Crippen LogP contribution in [0.1, 0.15) is 32.8 Å². The number of benzene rings is 1. The van der Waals surface area contributed by atoms with Crippen molar-refractivity contribution in [1.82, 2.24) is 5.32 Å². The van der Waals surface area contributed by atoms with Gasteiger partial charge in [-0.05, 0) is 36.9 Å². The first-order valence-corrected chi connectivity index (χ1v) is 7.07. The fourth-order valence-electron chi connectivity index (χ4n) is 2.51. The SMILES string of the molecule is CCNC(CC)C(C)Cc1cc(OC)cc([N+](=O)[O-])c1. The molecule has 1 aromatic rings. The van der Waals surface area contributed by atoms with E-state index in [2.05, 4.69) is 26.1 Å². The van der Waals surface area contributed by atoms with Gasteiger partial charge in [0.1, 0.15) is 5.75 Å². The second-order valence-electron chi connectivity index (χ2n) is 5.05. The number of nitrogens with one attached hydrogen (secondary N) is 1. The van der Waals surface area contributed by atoms with Crippen LogP contribution in [0.2, 0.25) is 0 Å². The molecule has 20 heavy (non-hydrogen) atoms. The number of methoxy groups -OCH3 is 1. The van der Waals surface area contributed by atoms with Crippen LogP contribution in [-0.2, 0) is 6.42 Å². The van der Waals surface area contributed by atoms with Crippen LogP contribution < -0.4 is 10.1 Å². The zero-order valence-corrected chi connectivity index (χ0v) is 12.7. The predicted octanol–water partition coefficient (Wildman–Crippen LogP) is 3.17. The summed E-state index contributed by atoms with van der Waals surface area (Å²) < 4.78 is 5.14. The van der Waals surface area contributed by atoms with Crippen LogP contribution in [0, 0.1) is 16.0 Å². The van der Waals surface area contributed by atoms with Crippen LogP contribution in [-0.4, -0.2) is 24.6 Å². The van der Waals surface area contributed by atoms with Crippen molar-refractivity contribution in [2.24, 2.45) is 5.92 Å². The molecule has 0 saturated carbocycles. The number of rotatable bonds is 8. The Morgan fingerprint density at radius 1 is 1.35 bits per heavy atom. The third-order valence-electron chi connectivity index (χ3n) is 3.55. The number of nitro benzene ring substituents is 1. The van der Waals surface area contributed by atoms with Crippen LogP contribution in [0.3, 0.4) is 0 Å². The Labute approximate surface area is 120 Å². The molecule has 0 spiro atoms. The molecular formula is C15H24N2O3. The zero-order valence-electron chi connectivity index (χ0n) is 12.7. The molecule has 1 rings (SSSR count). The molecule has 112 valence electrons. The summed E-state index contributed by atoms with van der Waals surface area (Å²) in [5, 5.41) is 14.4. The van der Waals surface area contributed by atoms with E-state index in [1.807, 2.05) is 6.07 Å². The molecule has 0 aliphatic carbocycles. The zero-order chi connectivity index (χ0) is 15.1. The van der Waals surface area contributed by atoms with Gasteiger partial charge in [-0.25, -0.2) is 0 Å². The highest BCUT2D eigenvalue weighted by molar-refractivity contribution is 5.43. The summed E-state index contributed by atoms with van der Waals surface area (Å²) >= 11 is 0. The molecule has 0 bridgehead atoms. The Morgan fingerprint density at radius 2 is 2.05 bits per heavy atom. The lowest BCUT2D eigenvalue weighted by atomic mass is 9.92. The minimum absolute atomic E-state index is 0.0862. The summed E-state index contributed by atoms with van der Waals surface area (Å²) in [5.41, 5.74) is 1.03. The summed E-state index contributed by atoms with van der Waals surface area (Å²) in [5.74, 6) is 0.949. The number of nitrogens with zero attached hydrogens (tertiary/aromatic N) is 1. The Morgan fingerprint density at radius 3 is 2.55 bits per heavy atom. The second-order valence-corrected chi connectivity index (χ2v) is 5.05. The van der Waals surface area contributed by atoms with Gasteiger partial charge in [0.05, 0.1) is 18.1 Å². The summed E-state index contributed by atoms with van der Waals surface area (Å²) in [7, 11) is 1.53. The highest BCUT2D eigenvalue weighted by Gasteiger charge is 2.17. The topological polar surface area (TPSA) is 64.4 Å². The maximum absolute atomic E-state index is 10.9. The third-order valence-corrected chi connectivity index (χ3v) is 3.55. The monoisotopic (exact) mass is 280 g/mol. The summed E-state index contributed by atoms with van der Waals surface area (Å²) in [6.07, 6.45) is 1.84. The van der Waals surface area contributed by atoms with E-state index in [0.29, 0.717) is 17.7 Å². The van der Waals surface area contributed by atoms with Crippen molar-refractivity contribution in [1.29, 1.82) is 0 Å². The molecule has 0 heterocycles. The smallest absolute Gasteiger partial charge is 0.273 e. The summed E-state index contributed by atoms with van der Waals surface area (Å²) in [4.78, 5) is 10.6. The van der Waals surface area contributed by atoms with Crippen molar-refractivity contribution < 1.29 is 9.66 Å². The lowest BCUT2D eigenvalue weighted by molar-refractivity contribution is -0.385. The molecule has 2 atom stereocenters. The molecule has 0 radical (unpaired) electrons. The van der Waals surface area contributed by atoms with Gasteiger partial charge in [-0.1, -0.05) is 20.8 Å². The molecule has 0 amide bonds. The standard InChI is InChI=1S/C15H24N2O3/c1-5-15(16-6-2)11(3)7-12-8-13(17(18)19)10-14(9-12)20-4/h8-11,15-16H,5-7H2,1-4H3. The molecular weight excluding hydrogens is 256 g/mol. The van der Waals surface area contributed by atoms with Crippen molar-refractivity contribution in [2.75, 3.05) is 13.7 Å². The maximum atomic E-state index is 10.9. The van der Waals surface area contributed by atoms with E-state index < -0.39 is 0 Å². The van der Waals surface area contributed by atoms with Crippen molar-refractivity contribution >= 4 is 5.69 Å². The molecule has 0 aromatic heterocycles. The molecule has 1 N–H and O–H groups in total. The van der Waals surface area contributed by atoms with Gasteiger partial charge in [0.15, 0.2) is 0 Å². The van der Waals surface area contributed by atoms with Gasteiger partial charge in [-0.2, -0.15) is 0 Å². The lowest BCUT2D eigenvalue weighted by Gasteiger charge is -2.23. The van der Waals surface area contributed by atoms with Gasteiger partial charge in [0.2, 0.25) is 0 Å². The second kappa shape index (κ2) is 7.85. The van der Waals surface area contributed by atoms with Gasteiger partial charge < -0.3 is 10.1 Å². The highest BCUT2D eigenvalue weighted by atomic mass is 16.6. The first kappa shape index (κ1) is 16.4. The summed E-state index contributed by atoms with van der Waals surface area (Å²) in [6.45, 7) is 7.34. The van der Waals surface area contributed by atoms with Gasteiger partial charge >= 0.3 is 0 Å². The minimum atomic E-state index is -0.377. The first-order chi connectivity index (χ1) is 9.51. The summed E-state index contributed by atoms with van der Waals surface area (Å²) in [6, 6.07) is 5.39. The Bertz CT molecular complexity index is 449. The van der Waals surface area contributed by atoms with Gasteiger partial charge in [-0.3, -0.25) is 10.1 Å². The normalized spacial score (nSPS) is 13.8. The fourth-order valence-corrected chi connectivity index (χ4v) is 2.51. The predicted molar refractivity (Wildman–Crippen MR) is 80.3 cm³/mol. The quantitative estimate of drug-likeness (QED) is 0.587. The van der Waals surface area contributed by atoms with E-state index in [4.69, 9.17) is 4.74 Å². The van der Waals surface area contributed by atoms with Gasteiger partial charge in [-0.15, -0.1) is 0 Å². The highest BCUT2D eigenvalue weighted by Crippen LogP contribution is 2.25. The molecule has 0 saturated heterocycles. The third kappa shape index (κ3) is 4.49. The van der Waals surface area contributed by atoms with Crippen LogP contribution in [0.5, 0.6) is 5.75 Å². The van der Waals surface area contributed by atoms with Crippen molar-refractivity contribution in [3.63, 3.8) is 0 Å². The largest absolute Gasteiger partial charge is 0.496 e. The number of hydrogen-bond donors (Lipinski definition) is 1. The maximum Gasteiger partial charge on any atom is 0.273 e. The van der Waals surface area contributed by atoms with Crippen LogP contribution in [0.15, 0.2) is 18.2 Å². The van der Waals surface area contributed by atoms with Crippen molar-refractivity contribution in [3.8, 4) is 5.75 Å². The average Bonchev–Trinajstić information content (AvgIpc) is 2.43. The van der Waals surface area contributed by atoms with E-state index in [9.17, 15) is 10.1 Å². The van der Waals surface area contributed by atoms with Crippen LogP contribution in [0.4, 0.5) is 5.69 Å². The van der Waals surface area contributed by atoms with E-state index >= 15 is 0 Å². The molecule has 2 unspecified atom stereocenters. The van der Waals surface area contributed by atoms with Crippen LogP contribution >= 0.6 is 0 Å². The number of hydrogen-bond acceptors (Lipinski definition) is 4. The molecule has 0 aliphatic heterocycles. The number of ether oxygens (including phenoxy) is 1. The first-order valence-electron chi connectivity index (χ1n) is 7.07. The van der Waals surface area contributed by atoms with E-state index in [1.54, 1.807) is 6.07 Å². The molecule has 0 fully saturated rings. The van der Waals surface area contributed by atoms with Gasteiger partial charge in [0, 0.05) is 12.1 Å².